The lowest BCUT2D eigenvalue weighted by Gasteiger charge is -2.29. The maximum Gasteiger partial charge on any atom is 0.255 e. The zero-order chi connectivity index (χ0) is 20.6. The Kier molecular flexibility index (Phi) is 5.42. The highest BCUT2D eigenvalue weighted by Crippen LogP contribution is 2.28. The highest BCUT2D eigenvalue weighted by Gasteiger charge is 2.39. The molecule has 0 radical (unpaired) electrons. The molecule has 2 fully saturated rings. The average Bonchev–Trinajstić information content (AvgIpc) is 3.26. The predicted octanol–water partition coefficient (Wildman–Crippen LogP) is -0.102. The van der Waals surface area contributed by atoms with Crippen molar-refractivity contribution in [2.45, 2.75) is 50.9 Å². The molecule has 0 spiro atoms. The van der Waals surface area contributed by atoms with E-state index in [9.17, 15) is 19.5 Å². The van der Waals surface area contributed by atoms with Crippen LogP contribution in [-0.2, 0) is 22.7 Å². The van der Waals surface area contributed by atoms with Crippen molar-refractivity contribution in [1.29, 1.82) is 0 Å². The second-order valence-corrected chi connectivity index (χ2v) is 8.45. The van der Waals surface area contributed by atoms with Crippen molar-refractivity contribution in [1.82, 2.24) is 20.9 Å². The van der Waals surface area contributed by atoms with E-state index in [-0.39, 0.29) is 24.2 Å². The van der Waals surface area contributed by atoms with Crippen LogP contribution < -0.4 is 16.0 Å². The molecule has 4 rings (SSSR count). The van der Waals surface area contributed by atoms with E-state index in [0.29, 0.717) is 38.2 Å². The minimum Gasteiger partial charge on any atom is -0.388 e. The molecule has 8 heteroatoms. The first-order valence-electron chi connectivity index (χ1n) is 10.3. The van der Waals surface area contributed by atoms with Gasteiger partial charge >= 0.3 is 0 Å². The molecule has 0 bridgehead atoms. The fraction of sp³-hybridized carbons (Fsp3) is 0.571. The van der Waals surface area contributed by atoms with Gasteiger partial charge in [0.25, 0.3) is 5.91 Å². The molecule has 3 amide bonds. The number of nitrogens with zero attached hydrogens (tertiary/aromatic N) is 1. The Hall–Kier alpha value is -2.29. The summed E-state index contributed by atoms with van der Waals surface area (Å²) in [5, 5.41) is 19.5. The Labute approximate surface area is 170 Å². The summed E-state index contributed by atoms with van der Waals surface area (Å²) in [5.41, 5.74) is 1.94. The smallest absolute Gasteiger partial charge is 0.255 e. The second kappa shape index (κ2) is 7.85. The number of carbonyl (C=O) groups is 3. The van der Waals surface area contributed by atoms with Crippen molar-refractivity contribution in [3.8, 4) is 0 Å². The molecule has 1 aromatic rings. The molecule has 4 N–H and O–H groups in total. The summed E-state index contributed by atoms with van der Waals surface area (Å²) in [6.45, 7) is 5.27. The molecule has 3 atom stereocenters. The van der Waals surface area contributed by atoms with Gasteiger partial charge in [-0.15, -0.1) is 0 Å². The van der Waals surface area contributed by atoms with Crippen LogP contribution in [-0.4, -0.2) is 59.0 Å². The van der Waals surface area contributed by atoms with Gasteiger partial charge in [-0.2, -0.15) is 0 Å². The van der Waals surface area contributed by atoms with Crippen molar-refractivity contribution >= 4 is 17.7 Å². The Morgan fingerprint density at radius 2 is 2.17 bits per heavy atom. The molecule has 3 heterocycles. The first-order chi connectivity index (χ1) is 13.9. The minimum atomic E-state index is -0.653. The number of benzene rings is 1. The van der Waals surface area contributed by atoms with E-state index in [1.165, 1.54) is 0 Å². The number of β-amino-alcohol motifs (C(OH)–C–C–N with tert-alkyl or cyclic N) is 1. The topological polar surface area (TPSA) is 111 Å². The van der Waals surface area contributed by atoms with Gasteiger partial charge in [-0.3, -0.25) is 19.7 Å². The number of fused-ring (bicyclic) bond motifs is 1. The first kappa shape index (κ1) is 20.0. The summed E-state index contributed by atoms with van der Waals surface area (Å²) in [5.74, 6) is -0.691. The Morgan fingerprint density at radius 3 is 2.90 bits per heavy atom. The maximum absolute atomic E-state index is 12.7. The van der Waals surface area contributed by atoms with Crippen LogP contribution in [0.5, 0.6) is 0 Å². The van der Waals surface area contributed by atoms with Crippen LogP contribution in [0.25, 0.3) is 0 Å². The Bertz CT molecular complexity index is 834. The lowest BCUT2D eigenvalue weighted by molar-refractivity contribution is -0.136. The van der Waals surface area contributed by atoms with Crippen LogP contribution in [0, 0.1) is 5.92 Å². The van der Waals surface area contributed by atoms with E-state index in [1.807, 2.05) is 18.2 Å². The molecule has 0 aliphatic carbocycles. The third-order valence-electron chi connectivity index (χ3n) is 6.45. The number of carbonyl (C=O) groups excluding carboxylic acids is 3. The number of nitrogens with one attached hydrogen (secondary N) is 3. The van der Waals surface area contributed by atoms with Crippen LogP contribution >= 0.6 is 0 Å². The Morgan fingerprint density at radius 1 is 1.34 bits per heavy atom. The van der Waals surface area contributed by atoms with E-state index in [4.69, 9.17) is 0 Å². The molecular weight excluding hydrogens is 372 g/mol. The third-order valence-corrected chi connectivity index (χ3v) is 6.45. The van der Waals surface area contributed by atoms with E-state index >= 15 is 0 Å². The maximum atomic E-state index is 12.7. The van der Waals surface area contributed by atoms with Crippen LogP contribution in [0.15, 0.2) is 18.2 Å². The number of hydrogen-bond acceptors (Lipinski definition) is 6. The predicted molar refractivity (Wildman–Crippen MR) is 106 cm³/mol. The number of aliphatic hydroxyl groups is 1. The summed E-state index contributed by atoms with van der Waals surface area (Å²) in [6.07, 6.45) is 1.40. The van der Waals surface area contributed by atoms with Gasteiger partial charge < -0.3 is 20.6 Å². The molecule has 3 aliphatic heterocycles. The minimum absolute atomic E-state index is 0.136. The molecule has 1 aromatic carbocycles. The number of rotatable bonds is 6. The number of imide groups is 1. The van der Waals surface area contributed by atoms with E-state index in [2.05, 4.69) is 22.9 Å². The van der Waals surface area contributed by atoms with Gasteiger partial charge in [-0.25, -0.2) is 0 Å². The quantitative estimate of drug-likeness (QED) is 0.496. The fourth-order valence-electron chi connectivity index (χ4n) is 4.48. The third kappa shape index (κ3) is 3.92. The summed E-state index contributed by atoms with van der Waals surface area (Å²) >= 11 is 0. The van der Waals surface area contributed by atoms with Gasteiger partial charge in [0.1, 0.15) is 6.04 Å². The average molecular weight is 400 g/mol. The first-order valence-corrected chi connectivity index (χ1v) is 10.3. The lowest BCUT2D eigenvalue weighted by atomic mass is 9.88. The molecular formula is C21H28N4O4. The van der Waals surface area contributed by atoms with Crippen molar-refractivity contribution in [3.63, 3.8) is 0 Å². The molecule has 0 saturated carbocycles. The summed E-state index contributed by atoms with van der Waals surface area (Å²) in [4.78, 5) is 37.8. The van der Waals surface area contributed by atoms with Gasteiger partial charge in [0.05, 0.1) is 5.60 Å². The number of piperidine rings is 1. The largest absolute Gasteiger partial charge is 0.388 e. The molecule has 29 heavy (non-hydrogen) atoms. The normalized spacial score (nSPS) is 27.9. The molecule has 156 valence electrons. The summed E-state index contributed by atoms with van der Waals surface area (Å²) < 4.78 is 0. The number of amides is 3. The highest BCUT2D eigenvalue weighted by molar-refractivity contribution is 6.05. The molecule has 3 aliphatic rings. The fourth-order valence-corrected chi connectivity index (χ4v) is 4.48. The van der Waals surface area contributed by atoms with Gasteiger partial charge in [0.15, 0.2) is 0 Å². The van der Waals surface area contributed by atoms with Crippen LogP contribution in [0.1, 0.15) is 47.7 Å². The van der Waals surface area contributed by atoms with E-state index < -0.39 is 17.6 Å². The zero-order valence-electron chi connectivity index (χ0n) is 16.7. The molecule has 8 nitrogen and oxygen atoms in total. The number of hydrogen-bond donors (Lipinski definition) is 4. The van der Waals surface area contributed by atoms with Crippen molar-refractivity contribution in [3.05, 3.63) is 34.9 Å². The van der Waals surface area contributed by atoms with E-state index in [0.717, 1.165) is 24.1 Å². The van der Waals surface area contributed by atoms with Crippen LogP contribution in [0.3, 0.4) is 0 Å². The van der Waals surface area contributed by atoms with Gasteiger partial charge in [-0.1, -0.05) is 19.1 Å². The van der Waals surface area contributed by atoms with Gasteiger partial charge in [-0.05, 0) is 42.5 Å². The molecule has 2 saturated heterocycles. The SMILES string of the molecule is CC(CNCc1ccc2c(c1)CN(C1CCC(=O)NC1=O)C2=O)C1(O)CCNC1. The van der Waals surface area contributed by atoms with Crippen molar-refractivity contribution < 1.29 is 19.5 Å². The Balaban J connectivity index is 1.36. The summed E-state index contributed by atoms with van der Waals surface area (Å²) in [6, 6.07) is 5.16. The van der Waals surface area contributed by atoms with Gasteiger partial charge in [0, 0.05) is 38.2 Å². The summed E-state index contributed by atoms with van der Waals surface area (Å²) in [7, 11) is 0. The van der Waals surface area contributed by atoms with Gasteiger partial charge in [0.2, 0.25) is 11.8 Å². The van der Waals surface area contributed by atoms with Crippen molar-refractivity contribution in [2.75, 3.05) is 19.6 Å². The zero-order valence-corrected chi connectivity index (χ0v) is 16.7. The monoisotopic (exact) mass is 400 g/mol. The molecule has 3 unspecified atom stereocenters. The van der Waals surface area contributed by atoms with Crippen LogP contribution in [0.2, 0.25) is 0 Å². The highest BCUT2D eigenvalue weighted by atomic mass is 16.3. The standard InChI is InChI=1S/C21H28N4O4/c1-13(21(29)6-7-22-12-21)9-23-10-14-2-3-16-15(8-14)11-25(20(16)28)17-4-5-18(26)24-19(17)27/h2-3,8,13,17,22-23,29H,4-7,9-12H2,1H3,(H,24,26,27). The van der Waals surface area contributed by atoms with Crippen molar-refractivity contribution in [2.24, 2.45) is 5.92 Å². The van der Waals surface area contributed by atoms with E-state index in [1.54, 1.807) is 4.90 Å². The second-order valence-electron chi connectivity index (χ2n) is 8.45. The molecule has 0 aromatic heterocycles. The van der Waals surface area contributed by atoms with Crippen LogP contribution in [0.4, 0.5) is 0 Å². The lowest BCUT2D eigenvalue weighted by Crippen LogP contribution is -2.52.